The highest BCUT2D eigenvalue weighted by molar-refractivity contribution is 7.83. The van der Waals surface area contributed by atoms with Gasteiger partial charge in [0.15, 0.2) is 11.0 Å². The fraction of sp³-hybridized carbons (Fsp3) is 0.458. The first-order valence-electron chi connectivity index (χ1n) is 11.8. The average Bonchev–Trinajstić information content (AvgIpc) is 3.45. The molecule has 0 bridgehead atoms. The predicted octanol–water partition coefficient (Wildman–Crippen LogP) is 2.18. The van der Waals surface area contributed by atoms with Gasteiger partial charge < -0.3 is 19.5 Å². The summed E-state index contributed by atoms with van der Waals surface area (Å²) in [5, 5.41) is 3.04. The van der Waals surface area contributed by atoms with Crippen molar-refractivity contribution in [1.82, 2.24) is 9.62 Å². The van der Waals surface area contributed by atoms with Crippen molar-refractivity contribution in [2.75, 3.05) is 38.7 Å². The molecule has 2 aromatic rings. The van der Waals surface area contributed by atoms with Crippen molar-refractivity contribution in [3.8, 4) is 0 Å². The molecule has 2 aromatic carbocycles. The average molecular weight is 467 g/mol. The molecule has 1 aliphatic heterocycles. The molecule has 5 rings (SSSR count). The van der Waals surface area contributed by atoms with E-state index in [1.807, 2.05) is 19.2 Å². The highest BCUT2D eigenvalue weighted by atomic mass is 32.2. The fourth-order valence-electron chi connectivity index (χ4n) is 5.01. The number of hydrogen-bond donors (Lipinski definition) is 2. The Bertz CT molecular complexity index is 1040. The quantitative estimate of drug-likeness (QED) is 0.674. The van der Waals surface area contributed by atoms with Gasteiger partial charge in [0.1, 0.15) is 0 Å². The van der Waals surface area contributed by atoms with E-state index in [-0.39, 0.29) is 0 Å². The molecule has 2 amide bonds. The van der Waals surface area contributed by atoms with Gasteiger partial charge in [0.25, 0.3) is 0 Å². The van der Waals surface area contributed by atoms with Gasteiger partial charge in [0.05, 0.1) is 4.90 Å². The third kappa shape index (κ3) is 5.01. The molecule has 1 unspecified atom stereocenters. The first kappa shape index (κ1) is 22.6. The first-order chi connectivity index (χ1) is 16.1. The molecule has 0 saturated carbocycles. The van der Waals surface area contributed by atoms with Gasteiger partial charge in [0.2, 0.25) is 0 Å². The summed E-state index contributed by atoms with van der Waals surface area (Å²) in [7, 11) is -0.161. The summed E-state index contributed by atoms with van der Waals surface area (Å²) in [5.41, 5.74) is 6.95. The van der Waals surface area contributed by atoms with E-state index < -0.39 is 24.1 Å². The summed E-state index contributed by atoms with van der Waals surface area (Å²) < 4.78 is 27.3. The minimum absolute atomic E-state index is 0.436. The molecule has 1 heterocycles. The number of amides is 2. The van der Waals surface area contributed by atoms with Crippen LogP contribution < -0.4 is 15.5 Å². The number of urea groups is 1. The lowest BCUT2D eigenvalue weighted by Gasteiger charge is -2.24. The molecule has 1 saturated heterocycles. The maximum absolute atomic E-state index is 13.0. The number of benzene rings is 2. The minimum Gasteiger partial charge on any atom is -0.406 e. The molecular weight excluding hydrogens is 437 g/mol. The highest BCUT2D eigenvalue weighted by Gasteiger charge is 2.26. The van der Waals surface area contributed by atoms with Gasteiger partial charge in [-0.1, -0.05) is 18.2 Å². The zero-order valence-corrected chi connectivity index (χ0v) is 19.8. The zero-order valence-electron chi connectivity index (χ0n) is 19.0. The Morgan fingerprint density at radius 3 is 2.33 bits per heavy atom. The molecule has 9 heteroatoms. The standard InChI is InChI=1S/C24H30BN3O4S/c1-28-11-13-31-25(32-14-12-28)19-7-4-8-20(16-19)33(30)27-24(29)26-23-21-9-2-5-17(21)15-18-6-3-10-22(18)23/h4,7-8,15-16H,2-3,5-6,9-14H2,1H3,(H2,26,27,29). The Balaban J connectivity index is 1.27. The summed E-state index contributed by atoms with van der Waals surface area (Å²) in [6.45, 7) is 2.78. The van der Waals surface area contributed by atoms with Crippen molar-refractivity contribution in [3.63, 3.8) is 0 Å². The van der Waals surface area contributed by atoms with Crippen molar-refractivity contribution >= 4 is 35.3 Å². The molecule has 3 aliphatic rings. The van der Waals surface area contributed by atoms with Crippen molar-refractivity contribution < 1.29 is 18.3 Å². The van der Waals surface area contributed by atoms with Gasteiger partial charge in [0, 0.05) is 32.0 Å². The Hall–Kier alpha value is -2.20. The number of rotatable bonds is 4. The summed E-state index contributed by atoms with van der Waals surface area (Å²) >= 11 is 0. The van der Waals surface area contributed by atoms with Crippen molar-refractivity contribution in [2.45, 2.75) is 43.4 Å². The number of anilines is 1. The van der Waals surface area contributed by atoms with Crippen LogP contribution in [0.4, 0.5) is 10.5 Å². The molecule has 174 valence electrons. The maximum Gasteiger partial charge on any atom is 0.493 e. The Morgan fingerprint density at radius 1 is 1.00 bits per heavy atom. The van der Waals surface area contributed by atoms with Crippen LogP contribution in [0.25, 0.3) is 0 Å². The van der Waals surface area contributed by atoms with Gasteiger partial charge in [-0.25, -0.2) is 9.00 Å². The number of nitrogens with zero attached hydrogens (tertiary/aromatic N) is 1. The number of hydrogen-bond acceptors (Lipinski definition) is 5. The number of carbonyl (C=O) groups is 1. The van der Waals surface area contributed by atoms with E-state index in [1.54, 1.807) is 12.1 Å². The fourth-order valence-corrected chi connectivity index (χ4v) is 5.79. The van der Waals surface area contributed by atoms with Crippen molar-refractivity contribution in [2.24, 2.45) is 0 Å². The van der Waals surface area contributed by atoms with E-state index in [2.05, 4.69) is 21.0 Å². The molecule has 0 aromatic heterocycles. The Labute approximate surface area is 198 Å². The summed E-state index contributed by atoms with van der Waals surface area (Å²) in [5.74, 6) is 0. The lowest BCUT2D eigenvalue weighted by Crippen LogP contribution is -2.43. The predicted molar refractivity (Wildman–Crippen MR) is 130 cm³/mol. The van der Waals surface area contributed by atoms with Crippen molar-refractivity contribution in [1.29, 1.82) is 0 Å². The SMILES string of the molecule is CN1CCOB(c2cccc(S(=O)NC(=O)Nc3c4c(cc5c3CCC5)CCC4)c2)OCC1. The van der Waals surface area contributed by atoms with Crippen LogP contribution in [0, 0.1) is 0 Å². The second-order valence-electron chi connectivity index (χ2n) is 9.01. The van der Waals surface area contributed by atoms with Crippen LogP contribution in [0.3, 0.4) is 0 Å². The smallest absolute Gasteiger partial charge is 0.406 e. The van der Waals surface area contributed by atoms with Crippen LogP contribution in [-0.4, -0.2) is 55.6 Å². The largest absolute Gasteiger partial charge is 0.493 e. The number of likely N-dealkylation sites (N-methyl/N-ethyl adjacent to an activating group) is 1. The second kappa shape index (κ2) is 9.97. The second-order valence-corrected chi connectivity index (χ2v) is 10.2. The first-order valence-corrected chi connectivity index (χ1v) is 12.9. The van der Waals surface area contributed by atoms with Crippen LogP contribution in [-0.2, 0) is 46.0 Å². The van der Waals surface area contributed by atoms with E-state index >= 15 is 0 Å². The molecular formula is C24H30BN3O4S. The van der Waals surface area contributed by atoms with E-state index in [9.17, 15) is 9.00 Å². The topological polar surface area (TPSA) is 79.9 Å². The number of carbonyl (C=O) groups excluding carboxylic acids is 1. The molecule has 0 radical (unpaired) electrons. The summed E-state index contributed by atoms with van der Waals surface area (Å²) in [6.07, 6.45) is 6.35. The van der Waals surface area contributed by atoms with Gasteiger partial charge >= 0.3 is 13.1 Å². The van der Waals surface area contributed by atoms with Crippen molar-refractivity contribution in [3.05, 3.63) is 52.6 Å². The number of aryl methyl sites for hydroxylation is 2. The van der Waals surface area contributed by atoms with Crippen LogP contribution in [0.2, 0.25) is 0 Å². The van der Waals surface area contributed by atoms with Gasteiger partial charge in [-0.15, -0.1) is 0 Å². The third-order valence-corrected chi connectivity index (χ3v) is 7.78. The molecule has 1 atom stereocenters. The summed E-state index contributed by atoms with van der Waals surface area (Å²) in [6, 6.07) is 9.13. The molecule has 2 aliphatic carbocycles. The van der Waals surface area contributed by atoms with Crippen LogP contribution in [0.5, 0.6) is 0 Å². The molecule has 33 heavy (non-hydrogen) atoms. The van der Waals surface area contributed by atoms with E-state index in [0.717, 1.165) is 62.8 Å². The van der Waals surface area contributed by atoms with E-state index in [0.29, 0.717) is 18.1 Å². The van der Waals surface area contributed by atoms with Crippen LogP contribution in [0.15, 0.2) is 35.2 Å². The highest BCUT2D eigenvalue weighted by Crippen LogP contribution is 2.38. The third-order valence-electron chi connectivity index (χ3n) is 6.73. The van der Waals surface area contributed by atoms with E-state index in [4.69, 9.17) is 9.31 Å². The zero-order chi connectivity index (χ0) is 22.8. The van der Waals surface area contributed by atoms with Gasteiger partial charge in [-0.3, -0.25) is 4.72 Å². The van der Waals surface area contributed by atoms with E-state index in [1.165, 1.54) is 22.3 Å². The lowest BCUT2D eigenvalue weighted by atomic mass is 9.79. The monoisotopic (exact) mass is 467 g/mol. The van der Waals surface area contributed by atoms with Gasteiger partial charge in [-0.2, -0.15) is 0 Å². The van der Waals surface area contributed by atoms with Gasteiger partial charge in [-0.05, 0) is 85.4 Å². The normalized spacial score (nSPS) is 19.4. The molecule has 1 fully saturated rings. The van der Waals surface area contributed by atoms with Crippen LogP contribution >= 0.6 is 0 Å². The molecule has 7 nitrogen and oxygen atoms in total. The Morgan fingerprint density at radius 2 is 1.67 bits per heavy atom. The maximum atomic E-state index is 13.0. The Kier molecular flexibility index (Phi) is 6.82. The molecule has 0 spiro atoms. The number of fused-ring (bicyclic) bond motifs is 2. The summed E-state index contributed by atoms with van der Waals surface area (Å²) in [4.78, 5) is 15.5. The minimum atomic E-state index is -1.69. The lowest BCUT2D eigenvalue weighted by molar-refractivity contribution is 0.132. The van der Waals surface area contributed by atoms with Crippen LogP contribution in [0.1, 0.15) is 35.1 Å². The molecule has 2 N–H and O–H groups in total. The number of nitrogens with one attached hydrogen (secondary N) is 2.